The van der Waals surface area contributed by atoms with Crippen molar-refractivity contribution >= 4 is 15.7 Å². The normalized spacial score (nSPS) is 32.2. The largest absolute Gasteiger partial charge is 0.377 e. The molecule has 6 heteroatoms. The molecule has 5 nitrogen and oxygen atoms in total. The number of sulfone groups is 1. The maximum atomic E-state index is 13.2. The number of fused-ring (bicyclic) bond motifs is 1. The molecule has 26 heavy (non-hydrogen) atoms. The summed E-state index contributed by atoms with van der Waals surface area (Å²) >= 11 is 0. The number of nitrogens with one attached hydrogen (secondary N) is 1. The smallest absolute Gasteiger partial charge is 0.230 e. The highest BCUT2D eigenvalue weighted by atomic mass is 32.2. The van der Waals surface area contributed by atoms with Crippen molar-refractivity contribution in [2.45, 2.75) is 61.5 Å². The van der Waals surface area contributed by atoms with Gasteiger partial charge in [-0.1, -0.05) is 25.5 Å². The van der Waals surface area contributed by atoms with Gasteiger partial charge in [0.2, 0.25) is 5.91 Å². The number of rotatable bonds is 5. The summed E-state index contributed by atoms with van der Waals surface area (Å²) in [4.78, 5) is 13.5. The van der Waals surface area contributed by atoms with Gasteiger partial charge in [0.05, 0.1) is 16.4 Å². The van der Waals surface area contributed by atoms with Crippen LogP contribution in [-0.4, -0.2) is 39.3 Å². The minimum absolute atomic E-state index is 0.102. The summed E-state index contributed by atoms with van der Waals surface area (Å²) in [6.45, 7) is 2.96. The van der Waals surface area contributed by atoms with E-state index in [1.807, 2.05) is 12.1 Å². The molecule has 0 spiro atoms. The first-order valence-electron chi connectivity index (χ1n) is 9.60. The Kier molecular flexibility index (Phi) is 4.39. The number of benzene rings is 1. The Bertz CT molecular complexity index is 798. The zero-order valence-corrected chi connectivity index (χ0v) is 16.2. The van der Waals surface area contributed by atoms with Crippen LogP contribution in [0.3, 0.4) is 0 Å². The lowest BCUT2D eigenvalue weighted by atomic mass is 9.62. The second kappa shape index (κ2) is 6.34. The van der Waals surface area contributed by atoms with Crippen LogP contribution < -0.4 is 5.32 Å². The lowest BCUT2D eigenvalue weighted by molar-refractivity contribution is -0.136. The minimum Gasteiger partial charge on any atom is -0.377 e. The van der Waals surface area contributed by atoms with Crippen LogP contribution >= 0.6 is 0 Å². The molecule has 2 aliphatic carbocycles. The number of hydrogen-bond acceptors (Lipinski definition) is 4. The summed E-state index contributed by atoms with van der Waals surface area (Å²) in [5, 5.41) is 3.34. The van der Waals surface area contributed by atoms with Crippen LogP contribution in [0.5, 0.6) is 0 Å². The van der Waals surface area contributed by atoms with Crippen LogP contribution in [0.25, 0.3) is 0 Å². The number of ether oxygens (including phenoxy) is 1. The van der Waals surface area contributed by atoms with Crippen molar-refractivity contribution in [1.29, 1.82) is 0 Å². The fraction of sp³-hybridized carbons (Fsp3) is 0.650. The van der Waals surface area contributed by atoms with Crippen molar-refractivity contribution in [3.8, 4) is 0 Å². The molecule has 0 radical (unpaired) electrons. The summed E-state index contributed by atoms with van der Waals surface area (Å²) in [7, 11) is -3.22. The van der Waals surface area contributed by atoms with Gasteiger partial charge in [0.15, 0.2) is 9.84 Å². The van der Waals surface area contributed by atoms with Crippen LogP contribution in [0, 0.1) is 11.8 Å². The molecule has 0 aromatic heterocycles. The Morgan fingerprint density at radius 1 is 1.27 bits per heavy atom. The van der Waals surface area contributed by atoms with Gasteiger partial charge >= 0.3 is 0 Å². The van der Waals surface area contributed by atoms with Crippen LogP contribution in [0.15, 0.2) is 29.2 Å². The monoisotopic (exact) mass is 377 g/mol. The third-order valence-corrected chi connectivity index (χ3v) is 7.90. The van der Waals surface area contributed by atoms with E-state index in [-0.39, 0.29) is 11.9 Å². The molecule has 1 heterocycles. The van der Waals surface area contributed by atoms with Crippen molar-refractivity contribution in [3.05, 3.63) is 29.8 Å². The van der Waals surface area contributed by atoms with Gasteiger partial charge in [-0.15, -0.1) is 0 Å². The van der Waals surface area contributed by atoms with Gasteiger partial charge in [-0.3, -0.25) is 4.79 Å². The standard InChI is InChI=1S/C20H27NO4S/c1-3-15-17(16-9-12-25-18(15)16)21-19(22)20(10-4-11-20)13-5-7-14(8-6-13)26(2,23)24/h5-8,15-18H,3-4,9-12H2,1-2H3,(H,21,22)/t15-,16+,17+,18-/m1/s1. The third-order valence-electron chi connectivity index (χ3n) is 6.77. The molecule has 4 rings (SSSR count). The van der Waals surface area contributed by atoms with Gasteiger partial charge < -0.3 is 10.1 Å². The van der Waals surface area contributed by atoms with E-state index in [1.54, 1.807) is 12.1 Å². The van der Waals surface area contributed by atoms with Crippen molar-refractivity contribution in [1.82, 2.24) is 5.32 Å². The van der Waals surface area contributed by atoms with Crippen molar-refractivity contribution < 1.29 is 17.9 Å². The molecule has 1 saturated heterocycles. The quantitative estimate of drug-likeness (QED) is 0.855. The molecule has 0 unspecified atom stereocenters. The van der Waals surface area contributed by atoms with Crippen molar-refractivity contribution in [3.63, 3.8) is 0 Å². The van der Waals surface area contributed by atoms with Gasteiger partial charge in [0.25, 0.3) is 0 Å². The van der Waals surface area contributed by atoms with Gasteiger partial charge in [-0.25, -0.2) is 8.42 Å². The lowest BCUT2D eigenvalue weighted by Gasteiger charge is -2.50. The van der Waals surface area contributed by atoms with Gasteiger partial charge in [-0.2, -0.15) is 0 Å². The zero-order chi connectivity index (χ0) is 18.5. The Morgan fingerprint density at radius 2 is 1.96 bits per heavy atom. The van der Waals surface area contributed by atoms with Crippen molar-refractivity contribution in [2.24, 2.45) is 11.8 Å². The Morgan fingerprint density at radius 3 is 2.50 bits per heavy atom. The second-order valence-corrected chi connectivity index (χ2v) is 10.1. The topological polar surface area (TPSA) is 72.5 Å². The molecule has 4 atom stereocenters. The third kappa shape index (κ3) is 2.69. The molecule has 3 fully saturated rings. The Balaban J connectivity index is 1.53. The number of hydrogen-bond donors (Lipinski definition) is 1. The van der Waals surface area contributed by atoms with Crippen molar-refractivity contribution in [2.75, 3.05) is 12.9 Å². The van der Waals surface area contributed by atoms with Gasteiger partial charge in [0, 0.05) is 30.7 Å². The minimum atomic E-state index is -3.22. The molecular formula is C20H27NO4S. The molecule has 3 aliphatic rings. The highest BCUT2D eigenvalue weighted by Crippen LogP contribution is 2.48. The Hall–Kier alpha value is -1.40. The predicted molar refractivity (Wildman–Crippen MR) is 98.6 cm³/mol. The average molecular weight is 378 g/mol. The number of carbonyl (C=O) groups is 1. The van der Waals surface area contributed by atoms with E-state index in [4.69, 9.17) is 4.74 Å². The molecular weight excluding hydrogens is 350 g/mol. The highest BCUT2D eigenvalue weighted by Gasteiger charge is 2.55. The molecule has 1 amide bonds. The van der Waals surface area contributed by atoms with E-state index >= 15 is 0 Å². The maximum Gasteiger partial charge on any atom is 0.230 e. The lowest BCUT2D eigenvalue weighted by Crippen LogP contribution is -2.64. The van der Waals surface area contributed by atoms with E-state index < -0.39 is 15.3 Å². The fourth-order valence-electron chi connectivity index (χ4n) is 5.02. The maximum absolute atomic E-state index is 13.2. The van der Waals surface area contributed by atoms with Crippen LogP contribution in [0.1, 0.15) is 44.6 Å². The SMILES string of the molecule is CC[C@@H]1[C@H](NC(=O)C2(c3ccc(S(C)(=O)=O)cc3)CCC2)[C@@H]2CCO[C@H]12. The summed E-state index contributed by atoms with van der Waals surface area (Å²) in [5.74, 6) is 0.967. The molecule has 1 aromatic rings. The first kappa shape index (κ1) is 18.0. The van der Waals surface area contributed by atoms with E-state index in [9.17, 15) is 13.2 Å². The van der Waals surface area contributed by atoms with Gasteiger partial charge in [-0.05, 0) is 43.4 Å². The Labute approximate surface area is 155 Å². The summed E-state index contributed by atoms with van der Waals surface area (Å²) in [5.41, 5.74) is 0.430. The molecule has 2 saturated carbocycles. The zero-order valence-electron chi connectivity index (χ0n) is 15.4. The van der Waals surface area contributed by atoms with Crippen LogP contribution in [0.4, 0.5) is 0 Å². The first-order valence-corrected chi connectivity index (χ1v) is 11.5. The molecule has 1 aromatic carbocycles. The number of amides is 1. The summed E-state index contributed by atoms with van der Waals surface area (Å²) < 4.78 is 29.2. The van der Waals surface area contributed by atoms with E-state index in [2.05, 4.69) is 12.2 Å². The van der Waals surface area contributed by atoms with E-state index in [1.165, 1.54) is 6.26 Å². The first-order chi connectivity index (χ1) is 12.4. The molecule has 1 N–H and O–H groups in total. The fourth-order valence-corrected chi connectivity index (χ4v) is 5.65. The van der Waals surface area contributed by atoms with E-state index in [0.717, 1.165) is 44.3 Å². The average Bonchev–Trinajstić information content (AvgIpc) is 2.96. The van der Waals surface area contributed by atoms with Gasteiger partial charge in [0.1, 0.15) is 0 Å². The van der Waals surface area contributed by atoms with Crippen LogP contribution in [0.2, 0.25) is 0 Å². The van der Waals surface area contributed by atoms with E-state index in [0.29, 0.717) is 22.8 Å². The summed E-state index contributed by atoms with van der Waals surface area (Å²) in [6, 6.07) is 7.09. The number of carbonyl (C=O) groups excluding carboxylic acids is 1. The molecule has 142 valence electrons. The molecule has 1 aliphatic heterocycles. The van der Waals surface area contributed by atoms with Crippen LogP contribution in [-0.2, 0) is 24.8 Å². The highest BCUT2D eigenvalue weighted by molar-refractivity contribution is 7.90. The predicted octanol–water partition coefficient (Wildman–Crippen LogP) is 2.44. The second-order valence-electron chi connectivity index (χ2n) is 8.09. The summed E-state index contributed by atoms with van der Waals surface area (Å²) in [6.07, 6.45) is 6.24. The molecule has 0 bridgehead atoms.